The summed E-state index contributed by atoms with van der Waals surface area (Å²) in [4.78, 5) is 12.4. The maximum Gasteiger partial charge on any atom is 0.290 e. The lowest BCUT2D eigenvalue weighted by Crippen LogP contribution is -2.43. The van der Waals surface area contributed by atoms with Gasteiger partial charge in [0.25, 0.3) is 5.56 Å². The lowest BCUT2D eigenvalue weighted by Gasteiger charge is -2.32. The summed E-state index contributed by atoms with van der Waals surface area (Å²) >= 11 is 0. The smallest absolute Gasteiger partial charge is 0.290 e. The van der Waals surface area contributed by atoms with E-state index in [2.05, 4.69) is 28.2 Å². The molecular weight excluding hydrogens is 223 g/mol. The minimum Gasteiger partial charge on any atom is -0.393 e. The standard InChI is InChI=1S/C11H22B3N3O/c1-7-9(15)10(18)16(17(7)11(12,13)14)8-5-3-2-4-6-8/h8H,2-6,12-15H2,1H3. The fourth-order valence-corrected chi connectivity index (χ4v) is 3.13. The Bertz CT molecular complexity index is 495. The van der Waals surface area contributed by atoms with Gasteiger partial charge in [0.05, 0.1) is 11.7 Å². The van der Waals surface area contributed by atoms with E-state index in [0.717, 1.165) is 18.5 Å². The zero-order chi connectivity index (χ0) is 13.5. The molecule has 1 fully saturated rings. The predicted octanol–water partition coefficient (Wildman–Crippen LogP) is -1.49. The topological polar surface area (TPSA) is 52.9 Å². The van der Waals surface area contributed by atoms with Gasteiger partial charge in [-0.25, -0.2) is 4.68 Å². The molecule has 1 aromatic rings. The molecule has 1 aliphatic carbocycles. The van der Waals surface area contributed by atoms with E-state index in [0.29, 0.717) is 11.7 Å². The minimum atomic E-state index is -0.113. The Morgan fingerprint density at radius 2 is 1.78 bits per heavy atom. The van der Waals surface area contributed by atoms with Crippen LogP contribution in [0.2, 0.25) is 0 Å². The molecule has 0 spiro atoms. The first-order valence-electron chi connectivity index (χ1n) is 6.94. The number of aromatic nitrogens is 2. The summed E-state index contributed by atoms with van der Waals surface area (Å²) in [6.45, 7) is 1.95. The van der Waals surface area contributed by atoms with Crippen LogP contribution in [0, 0.1) is 6.92 Å². The highest BCUT2D eigenvalue weighted by atomic mass is 16.1. The summed E-state index contributed by atoms with van der Waals surface area (Å²) < 4.78 is 4.02. The second-order valence-electron chi connectivity index (χ2n) is 6.42. The Hall–Kier alpha value is -0.995. The highest BCUT2D eigenvalue weighted by molar-refractivity contribution is 6.56. The molecule has 0 aromatic carbocycles. The van der Waals surface area contributed by atoms with E-state index < -0.39 is 0 Å². The number of nitrogens with zero attached hydrogens (tertiary/aromatic N) is 2. The van der Waals surface area contributed by atoms with Gasteiger partial charge in [0.1, 0.15) is 29.2 Å². The lowest BCUT2D eigenvalue weighted by atomic mass is 9.49. The molecule has 2 N–H and O–H groups in total. The van der Waals surface area contributed by atoms with Crippen molar-refractivity contribution in [1.82, 2.24) is 9.36 Å². The molecule has 0 bridgehead atoms. The molecule has 0 aliphatic heterocycles. The molecule has 96 valence electrons. The van der Waals surface area contributed by atoms with Crippen LogP contribution >= 0.6 is 0 Å². The molecule has 1 saturated carbocycles. The van der Waals surface area contributed by atoms with Crippen LogP contribution in [0.5, 0.6) is 0 Å². The van der Waals surface area contributed by atoms with Crippen LogP contribution in [0.3, 0.4) is 0 Å². The number of nitrogen functional groups attached to an aromatic ring is 1. The second kappa shape index (κ2) is 4.59. The van der Waals surface area contributed by atoms with Crippen molar-refractivity contribution in [1.29, 1.82) is 0 Å². The first kappa shape index (κ1) is 13.4. The van der Waals surface area contributed by atoms with Gasteiger partial charge in [-0.2, -0.15) is 0 Å². The first-order valence-corrected chi connectivity index (χ1v) is 6.94. The number of hydrogen-bond donors (Lipinski definition) is 1. The highest BCUT2D eigenvalue weighted by Gasteiger charge is 2.28. The van der Waals surface area contributed by atoms with E-state index in [1.165, 1.54) is 19.3 Å². The molecule has 1 aliphatic rings. The second-order valence-corrected chi connectivity index (χ2v) is 6.42. The molecule has 0 radical (unpaired) electrons. The van der Waals surface area contributed by atoms with E-state index in [4.69, 9.17) is 5.73 Å². The van der Waals surface area contributed by atoms with Crippen molar-refractivity contribution in [2.75, 3.05) is 5.73 Å². The van der Waals surface area contributed by atoms with Crippen molar-refractivity contribution in [3.63, 3.8) is 0 Å². The monoisotopic (exact) mass is 245 g/mol. The maximum absolute atomic E-state index is 12.4. The Morgan fingerprint density at radius 1 is 1.22 bits per heavy atom. The molecule has 0 unspecified atom stereocenters. The quantitative estimate of drug-likeness (QED) is 0.645. The molecule has 0 amide bonds. The van der Waals surface area contributed by atoms with E-state index in [1.807, 2.05) is 11.6 Å². The molecule has 1 heterocycles. The van der Waals surface area contributed by atoms with Crippen molar-refractivity contribution in [3.05, 3.63) is 16.0 Å². The summed E-state index contributed by atoms with van der Waals surface area (Å²) in [6, 6.07) is 0.321. The molecule has 18 heavy (non-hydrogen) atoms. The number of anilines is 1. The van der Waals surface area contributed by atoms with Crippen LogP contribution in [0.1, 0.15) is 43.8 Å². The van der Waals surface area contributed by atoms with Crippen LogP contribution in [-0.2, 0) is 5.24 Å². The Labute approximate surface area is 111 Å². The SMILES string of the molecule is BC(B)(B)n1c(C)c(N)c(=O)n1C1CCCCC1. The fourth-order valence-electron chi connectivity index (χ4n) is 3.13. The summed E-state index contributed by atoms with van der Waals surface area (Å²) in [7, 11) is 6.37. The average Bonchev–Trinajstić information content (AvgIpc) is 2.54. The lowest BCUT2D eigenvalue weighted by molar-refractivity contribution is 0.282. The van der Waals surface area contributed by atoms with Crippen LogP contribution < -0.4 is 11.3 Å². The molecular formula is C11H22B3N3O. The van der Waals surface area contributed by atoms with Crippen LogP contribution in [0.4, 0.5) is 5.69 Å². The van der Waals surface area contributed by atoms with E-state index in [9.17, 15) is 4.79 Å². The van der Waals surface area contributed by atoms with Crippen LogP contribution in [0.25, 0.3) is 0 Å². The normalized spacial score (nSPS) is 18.1. The Balaban J connectivity index is 2.58. The summed E-state index contributed by atoms with van der Waals surface area (Å²) in [5, 5.41) is -0.113. The third-order valence-electron chi connectivity index (χ3n) is 3.92. The average molecular weight is 245 g/mol. The summed E-state index contributed by atoms with van der Waals surface area (Å²) in [5.41, 5.74) is 7.26. The minimum absolute atomic E-state index is 0.00525. The molecule has 0 saturated heterocycles. The molecule has 2 rings (SSSR count). The van der Waals surface area contributed by atoms with Crippen molar-refractivity contribution in [2.24, 2.45) is 0 Å². The first-order chi connectivity index (χ1) is 8.34. The van der Waals surface area contributed by atoms with Crippen molar-refractivity contribution < 1.29 is 0 Å². The van der Waals surface area contributed by atoms with Crippen LogP contribution in [0.15, 0.2) is 4.79 Å². The van der Waals surface area contributed by atoms with Gasteiger partial charge in [-0.15, -0.1) is 0 Å². The third-order valence-corrected chi connectivity index (χ3v) is 3.92. The Kier molecular flexibility index (Phi) is 3.43. The van der Waals surface area contributed by atoms with Gasteiger partial charge in [-0.05, 0) is 25.0 Å². The van der Waals surface area contributed by atoms with Crippen molar-refractivity contribution in [3.8, 4) is 0 Å². The van der Waals surface area contributed by atoms with Crippen LogP contribution in [-0.4, -0.2) is 32.9 Å². The third kappa shape index (κ3) is 2.15. The molecule has 0 atom stereocenters. The van der Waals surface area contributed by atoms with Gasteiger partial charge < -0.3 is 10.4 Å². The van der Waals surface area contributed by atoms with Gasteiger partial charge in [0, 0.05) is 0 Å². The highest BCUT2D eigenvalue weighted by Crippen LogP contribution is 2.29. The van der Waals surface area contributed by atoms with Gasteiger partial charge in [0.2, 0.25) is 0 Å². The van der Waals surface area contributed by atoms with E-state index in [1.54, 1.807) is 0 Å². The predicted molar refractivity (Wildman–Crippen MR) is 83.6 cm³/mol. The summed E-state index contributed by atoms with van der Waals surface area (Å²) in [6.07, 6.45) is 5.91. The van der Waals surface area contributed by atoms with Gasteiger partial charge >= 0.3 is 0 Å². The molecule has 4 nitrogen and oxygen atoms in total. The fraction of sp³-hybridized carbons (Fsp3) is 0.727. The maximum atomic E-state index is 12.4. The summed E-state index contributed by atoms with van der Waals surface area (Å²) in [5.74, 6) is 0. The number of rotatable bonds is 2. The molecule has 1 aromatic heterocycles. The van der Waals surface area contributed by atoms with Crippen molar-refractivity contribution in [2.45, 2.75) is 50.3 Å². The zero-order valence-corrected chi connectivity index (χ0v) is 12.0. The van der Waals surface area contributed by atoms with E-state index in [-0.39, 0.29) is 10.8 Å². The van der Waals surface area contributed by atoms with E-state index >= 15 is 0 Å². The Morgan fingerprint density at radius 3 is 2.28 bits per heavy atom. The molecule has 7 heteroatoms. The largest absolute Gasteiger partial charge is 0.393 e. The van der Waals surface area contributed by atoms with Crippen molar-refractivity contribution >= 4 is 29.2 Å². The van der Waals surface area contributed by atoms with Gasteiger partial charge in [-0.3, -0.25) is 4.79 Å². The zero-order valence-electron chi connectivity index (χ0n) is 12.0. The van der Waals surface area contributed by atoms with Gasteiger partial charge in [0.15, 0.2) is 0 Å². The van der Waals surface area contributed by atoms with Gasteiger partial charge in [-0.1, -0.05) is 19.3 Å². The number of hydrogen-bond acceptors (Lipinski definition) is 2. The number of nitrogens with two attached hydrogens (primary N) is 1.